The predicted octanol–water partition coefficient (Wildman–Crippen LogP) is 3.09. The number of hydrogen-bond acceptors (Lipinski definition) is 3. The highest BCUT2D eigenvalue weighted by Crippen LogP contribution is 2.32. The van der Waals surface area contributed by atoms with Crippen molar-refractivity contribution < 1.29 is 14.6 Å². The highest BCUT2D eigenvalue weighted by atomic mass is 19.1. The van der Waals surface area contributed by atoms with Crippen LogP contribution in [0, 0.1) is 5.82 Å². The lowest BCUT2D eigenvalue weighted by Gasteiger charge is -2.17. The van der Waals surface area contributed by atoms with Crippen LogP contribution in [0.25, 0.3) is 0 Å². The first-order valence-electron chi connectivity index (χ1n) is 6.07. The Morgan fingerprint density at radius 3 is 2.32 bits per heavy atom. The third-order valence-corrected chi connectivity index (χ3v) is 3.05. The summed E-state index contributed by atoms with van der Waals surface area (Å²) in [4.78, 5) is 0. The van der Waals surface area contributed by atoms with Crippen LogP contribution in [-0.2, 0) is 6.54 Å². The highest BCUT2D eigenvalue weighted by molar-refractivity contribution is 5.44. The van der Waals surface area contributed by atoms with Crippen LogP contribution in [0.3, 0.4) is 0 Å². The van der Waals surface area contributed by atoms with E-state index in [1.165, 1.54) is 18.2 Å². The molecule has 2 rings (SSSR count). The van der Waals surface area contributed by atoms with Crippen molar-refractivity contribution in [1.82, 2.24) is 5.32 Å². The second kappa shape index (κ2) is 5.71. The quantitative estimate of drug-likeness (QED) is 0.792. The summed E-state index contributed by atoms with van der Waals surface area (Å²) in [6.07, 6.45) is 0. The SMILES string of the molecule is CC(NCc1ccccc1F)c1c(O)cccc1O. The summed E-state index contributed by atoms with van der Waals surface area (Å²) in [5.74, 6) is -0.231. The molecule has 3 nitrogen and oxygen atoms in total. The number of phenols is 2. The molecule has 0 spiro atoms. The number of nitrogens with one attached hydrogen (secondary N) is 1. The Kier molecular flexibility index (Phi) is 4.02. The van der Waals surface area contributed by atoms with Gasteiger partial charge in [0.1, 0.15) is 17.3 Å². The van der Waals surface area contributed by atoms with E-state index in [0.29, 0.717) is 17.7 Å². The Balaban J connectivity index is 2.10. The average molecular weight is 261 g/mol. The fourth-order valence-electron chi connectivity index (χ4n) is 1.99. The van der Waals surface area contributed by atoms with Gasteiger partial charge in [-0.2, -0.15) is 0 Å². The summed E-state index contributed by atoms with van der Waals surface area (Å²) in [5.41, 5.74) is 0.961. The zero-order valence-corrected chi connectivity index (χ0v) is 10.6. The second-order valence-electron chi connectivity index (χ2n) is 4.40. The molecular weight excluding hydrogens is 245 g/mol. The molecule has 3 N–H and O–H groups in total. The van der Waals surface area contributed by atoms with E-state index in [1.54, 1.807) is 31.2 Å². The molecule has 4 heteroatoms. The van der Waals surface area contributed by atoms with E-state index in [2.05, 4.69) is 5.32 Å². The molecule has 2 aromatic rings. The monoisotopic (exact) mass is 261 g/mol. The smallest absolute Gasteiger partial charge is 0.127 e. The van der Waals surface area contributed by atoms with Crippen LogP contribution >= 0.6 is 0 Å². The molecule has 0 aliphatic carbocycles. The third kappa shape index (κ3) is 3.03. The van der Waals surface area contributed by atoms with Crippen LogP contribution in [0.1, 0.15) is 24.1 Å². The molecule has 1 unspecified atom stereocenters. The maximum Gasteiger partial charge on any atom is 0.127 e. The molecule has 0 amide bonds. The van der Waals surface area contributed by atoms with Gasteiger partial charge in [-0.3, -0.25) is 0 Å². The van der Waals surface area contributed by atoms with Crippen molar-refractivity contribution in [3.8, 4) is 11.5 Å². The first kappa shape index (κ1) is 13.4. The first-order chi connectivity index (χ1) is 9.09. The summed E-state index contributed by atoms with van der Waals surface area (Å²) in [5, 5.41) is 22.6. The number of phenolic OH excluding ortho intramolecular Hbond substituents is 2. The largest absolute Gasteiger partial charge is 0.507 e. The first-order valence-corrected chi connectivity index (χ1v) is 6.07. The van der Waals surface area contributed by atoms with Gasteiger partial charge in [0.15, 0.2) is 0 Å². The van der Waals surface area contributed by atoms with Gasteiger partial charge in [0.2, 0.25) is 0 Å². The number of benzene rings is 2. The Labute approximate surface area is 111 Å². The molecule has 2 aromatic carbocycles. The van der Waals surface area contributed by atoms with Gasteiger partial charge in [-0.1, -0.05) is 24.3 Å². The van der Waals surface area contributed by atoms with E-state index in [-0.39, 0.29) is 23.4 Å². The van der Waals surface area contributed by atoms with Crippen molar-refractivity contribution in [2.75, 3.05) is 0 Å². The molecule has 100 valence electrons. The lowest BCUT2D eigenvalue weighted by Crippen LogP contribution is -2.19. The van der Waals surface area contributed by atoms with Crippen LogP contribution in [0.4, 0.5) is 4.39 Å². The maximum absolute atomic E-state index is 13.5. The molecule has 0 aromatic heterocycles. The van der Waals surface area contributed by atoms with Crippen LogP contribution < -0.4 is 5.32 Å². The maximum atomic E-state index is 13.5. The third-order valence-electron chi connectivity index (χ3n) is 3.05. The molecule has 19 heavy (non-hydrogen) atoms. The van der Waals surface area contributed by atoms with E-state index in [9.17, 15) is 14.6 Å². The number of halogens is 1. The van der Waals surface area contributed by atoms with Gasteiger partial charge in [0.25, 0.3) is 0 Å². The van der Waals surface area contributed by atoms with Crippen molar-refractivity contribution in [2.24, 2.45) is 0 Å². The van der Waals surface area contributed by atoms with Gasteiger partial charge >= 0.3 is 0 Å². The van der Waals surface area contributed by atoms with E-state index in [4.69, 9.17) is 0 Å². The molecule has 0 bridgehead atoms. The molecule has 0 aliphatic heterocycles. The van der Waals surface area contributed by atoms with Crippen LogP contribution in [-0.4, -0.2) is 10.2 Å². The van der Waals surface area contributed by atoms with E-state index in [0.717, 1.165) is 0 Å². The van der Waals surface area contributed by atoms with Crippen LogP contribution in [0.5, 0.6) is 11.5 Å². The summed E-state index contributed by atoms with van der Waals surface area (Å²) in [6.45, 7) is 2.12. The zero-order valence-electron chi connectivity index (χ0n) is 10.6. The fraction of sp³-hybridized carbons (Fsp3) is 0.200. The normalized spacial score (nSPS) is 12.3. The highest BCUT2D eigenvalue weighted by Gasteiger charge is 2.14. The Bertz CT molecular complexity index is 552. The van der Waals surface area contributed by atoms with Gasteiger partial charge in [0, 0.05) is 18.2 Å². The van der Waals surface area contributed by atoms with Crippen molar-refractivity contribution in [3.63, 3.8) is 0 Å². The van der Waals surface area contributed by atoms with E-state index >= 15 is 0 Å². The van der Waals surface area contributed by atoms with Gasteiger partial charge in [-0.15, -0.1) is 0 Å². The summed E-state index contributed by atoms with van der Waals surface area (Å²) in [7, 11) is 0. The minimum absolute atomic E-state index is 0.0218. The van der Waals surface area contributed by atoms with Crippen molar-refractivity contribution in [2.45, 2.75) is 19.5 Å². The molecular formula is C15H16FNO2. The van der Waals surface area contributed by atoms with E-state index < -0.39 is 0 Å². The molecule has 0 saturated heterocycles. The fourth-order valence-corrected chi connectivity index (χ4v) is 1.99. The number of hydrogen-bond donors (Lipinski definition) is 3. The number of aromatic hydroxyl groups is 2. The van der Waals surface area contributed by atoms with E-state index in [1.807, 2.05) is 0 Å². The molecule has 0 aliphatic rings. The van der Waals surface area contributed by atoms with Gasteiger partial charge in [0.05, 0.1) is 5.56 Å². The van der Waals surface area contributed by atoms with Crippen LogP contribution in [0.15, 0.2) is 42.5 Å². The Morgan fingerprint density at radius 1 is 1.05 bits per heavy atom. The van der Waals surface area contributed by atoms with Crippen molar-refractivity contribution in [1.29, 1.82) is 0 Å². The predicted molar refractivity (Wildman–Crippen MR) is 71.4 cm³/mol. The second-order valence-corrected chi connectivity index (χ2v) is 4.40. The van der Waals surface area contributed by atoms with Crippen molar-refractivity contribution in [3.05, 3.63) is 59.4 Å². The van der Waals surface area contributed by atoms with Gasteiger partial charge in [-0.25, -0.2) is 4.39 Å². The minimum atomic E-state index is -0.291. The molecule has 0 fully saturated rings. The lowest BCUT2D eigenvalue weighted by atomic mass is 10.1. The summed E-state index contributed by atoms with van der Waals surface area (Å²) < 4.78 is 13.5. The Morgan fingerprint density at radius 2 is 1.68 bits per heavy atom. The summed E-state index contributed by atoms with van der Waals surface area (Å²) >= 11 is 0. The average Bonchev–Trinajstić information content (AvgIpc) is 2.37. The topological polar surface area (TPSA) is 52.5 Å². The molecule has 0 radical (unpaired) electrons. The zero-order chi connectivity index (χ0) is 13.8. The molecule has 0 saturated carbocycles. The summed E-state index contributed by atoms with van der Waals surface area (Å²) in [6, 6.07) is 10.8. The standard InChI is InChI=1S/C15H16FNO2/c1-10(15-13(18)7-4-8-14(15)19)17-9-11-5-2-3-6-12(11)16/h2-8,10,17-19H,9H2,1H3. The van der Waals surface area contributed by atoms with Crippen molar-refractivity contribution >= 4 is 0 Å². The lowest BCUT2D eigenvalue weighted by molar-refractivity contribution is 0.417. The van der Waals surface area contributed by atoms with Gasteiger partial charge < -0.3 is 15.5 Å². The minimum Gasteiger partial charge on any atom is -0.507 e. The van der Waals surface area contributed by atoms with Crippen LogP contribution in [0.2, 0.25) is 0 Å². The molecule has 1 atom stereocenters. The van der Waals surface area contributed by atoms with Gasteiger partial charge in [-0.05, 0) is 25.1 Å². The Hall–Kier alpha value is -2.07. The molecule has 0 heterocycles. The number of rotatable bonds is 4.